The maximum Gasteiger partial charge on any atom is 0.152 e. The third-order valence-electron chi connectivity index (χ3n) is 8.37. The number of hydrogen-bond donors (Lipinski definition) is 1. The van der Waals surface area contributed by atoms with E-state index in [1.54, 1.807) is 15.6 Å². The zero-order valence-electron chi connectivity index (χ0n) is 24.4. The predicted molar refractivity (Wildman–Crippen MR) is 176 cm³/mol. The van der Waals surface area contributed by atoms with E-state index in [-0.39, 0.29) is 0 Å². The molecule has 37 heavy (non-hydrogen) atoms. The van der Waals surface area contributed by atoms with E-state index in [0.717, 1.165) is 5.92 Å². The summed E-state index contributed by atoms with van der Waals surface area (Å²) in [6, 6.07) is 13.9. The summed E-state index contributed by atoms with van der Waals surface area (Å²) in [7, 11) is -2.14. The molecule has 0 spiro atoms. The topological polar surface area (TPSA) is 0 Å². The molecule has 0 saturated carbocycles. The van der Waals surface area contributed by atoms with Crippen LogP contribution in [0.15, 0.2) is 47.7 Å². The molecule has 0 saturated heterocycles. The standard InChI is InChI=1S/C34H52S2Si/c1-6-10-13-15-19-28-21-23-30(24-22-28)37(26-29(18-12-8-3)20-16-14-11-7-2)31(17-9-4)33(35)34-32(37)25-27(5)36-34/h9,17,21-25,29,35H,6-8,10-16,18-20,26H2,1-5H3. The van der Waals surface area contributed by atoms with E-state index in [2.05, 4.69) is 77.1 Å². The summed E-state index contributed by atoms with van der Waals surface area (Å²) in [5, 5.41) is 4.82. The Morgan fingerprint density at radius 1 is 0.865 bits per heavy atom. The van der Waals surface area contributed by atoms with E-state index in [1.807, 2.05) is 11.3 Å². The fourth-order valence-electron chi connectivity index (χ4n) is 6.36. The molecule has 3 heteroatoms. The molecule has 1 aromatic heterocycles. The van der Waals surface area contributed by atoms with Crippen molar-refractivity contribution in [3.05, 3.63) is 63.0 Å². The molecule has 2 heterocycles. The van der Waals surface area contributed by atoms with Crippen molar-refractivity contribution in [2.45, 2.75) is 124 Å². The number of allylic oxidation sites excluding steroid dienone is 3. The molecule has 204 valence electrons. The van der Waals surface area contributed by atoms with Gasteiger partial charge in [0.2, 0.25) is 0 Å². The van der Waals surface area contributed by atoms with Gasteiger partial charge in [0, 0.05) is 14.7 Å². The average molecular weight is 553 g/mol. The second kappa shape index (κ2) is 15.5. The minimum absolute atomic E-state index is 0.796. The summed E-state index contributed by atoms with van der Waals surface area (Å²) in [5.41, 5.74) is 1.51. The molecule has 0 radical (unpaired) electrons. The minimum atomic E-state index is -2.14. The van der Waals surface area contributed by atoms with Gasteiger partial charge in [0.05, 0.1) is 0 Å². The van der Waals surface area contributed by atoms with Gasteiger partial charge in [0.25, 0.3) is 0 Å². The Labute approximate surface area is 239 Å². The monoisotopic (exact) mass is 552 g/mol. The van der Waals surface area contributed by atoms with Crippen molar-refractivity contribution in [3.8, 4) is 0 Å². The van der Waals surface area contributed by atoms with Crippen molar-refractivity contribution >= 4 is 47.3 Å². The summed E-state index contributed by atoms with van der Waals surface area (Å²) in [6.45, 7) is 11.4. The molecular weight excluding hydrogens is 501 g/mol. The smallest absolute Gasteiger partial charge is 0.142 e. The van der Waals surface area contributed by atoms with Crippen molar-refractivity contribution in [1.82, 2.24) is 0 Å². The van der Waals surface area contributed by atoms with Crippen LogP contribution in [0.5, 0.6) is 0 Å². The molecule has 2 aromatic rings. The largest absolute Gasteiger partial charge is 0.152 e. The van der Waals surface area contributed by atoms with Gasteiger partial charge in [-0.15, -0.1) is 24.0 Å². The Balaban J connectivity index is 2.03. The molecule has 1 aromatic carbocycles. The van der Waals surface area contributed by atoms with Gasteiger partial charge in [-0.1, -0.05) is 128 Å². The second-order valence-corrected chi connectivity index (χ2v) is 16.9. The molecule has 0 aliphatic carbocycles. The lowest BCUT2D eigenvalue weighted by atomic mass is 9.97. The summed E-state index contributed by atoms with van der Waals surface area (Å²) in [4.78, 5) is 4.17. The van der Waals surface area contributed by atoms with Crippen LogP contribution >= 0.6 is 24.0 Å². The van der Waals surface area contributed by atoms with Crippen LogP contribution in [0.4, 0.5) is 0 Å². The first-order chi connectivity index (χ1) is 18.0. The van der Waals surface area contributed by atoms with Gasteiger partial charge < -0.3 is 0 Å². The Morgan fingerprint density at radius 2 is 1.51 bits per heavy atom. The maximum atomic E-state index is 5.23. The van der Waals surface area contributed by atoms with E-state index in [1.165, 1.54) is 110 Å². The lowest BCUT2D eigenvalue weighted by Crippen LogP contribution is -2.59. The number of rotatable bonds is 17. The first-order valence-corrected chi connectivity index (χ1v) is 18.8. The molecule has 3 rings (SSSR count). The molecule has 0 nitrogen and oxygen atoms in total. The van der Waals surface area contributed by atoms with E-state index in [4.69, 9.17) is 12.6 Å². The number of thiol groups is 1. The molecule has 0 fully saturated rings. The lowest BCUT2D eigenvalue weighted by Gasteiger charge is -2.35. The van der Waals surface area contributed by atoms with Gasteiger partial charge in [-0.2, -0.15) is 0 Å². The third-order valence-corrected chi connectivity index (χ3v) is 15.6. The number of unbranched alkanes of at least 4 members (excludes halogenated alkanes) is 7. The van der Waals surface area contributed by atoms with Crippen LogP contribution in [0.1, 0.15) is 120 Å². The van der Waals surface area contributed by atoms with Crippen LogP contribution in [0.25, 0.3) is 4.91 Å². The van der Waals surface area contributed by atoms with Gasteiger partial charge in [-0.25, -0.2) is 0 Å². The highest BCUT2D eigenvalue weighted by molar-refractivity contribution is 7.91. The van der Waals surface area contributed by atoms with E-state index >= 15 is 0 Å². The van der Waals surface area contributed by atoms with Gasteiger partial charge in [-0.05, 0) is 65.9 Å². The highest BCUT2D eigenvalue weighted by Crippen LogP contribution is 2.44. The molecule has 1 aliphatic rings. The lowest BCUT2D eigenvalue weighted by molar-refractivity contribution is 0.442. The Bertz CT molecular complexity index is 1010. The summed E-state index contributed by atoms with van der Waals surface area (Å²) in [5.74, 6) is 0.796. The number of hydrogen-bond acceptors (Lipinski definition) is 2. The Morgan fingerprint density at radius 3 is 2.16 bits per heavy atom. The van der Waals surface area contributed by atoms with Crippen molar-refractivity contribution in [2.75, 3.05) is 0 Å². The summed E-state index contributed by atoms with van der Waals surface area (Å²) >= 11 is 7.20. The highest BCUT2D eigenvalue weighted by atomic mass is 32.1. The maximum absolute atomic E-state index is 5.23. The first kappa shape index (κ1) is 30.5. The zero-order valence-corrected chi connectivity index (χ0v) is 27.1. The minimum Gasteiger partial charge on any atom is -0.142 e. The second-order valence-electron chi connectivity index (χ2n) is 11.3. The molecule has 2 unspecified atom stereocenters. The summed E-state index contributed by atoms with van der Waals surface area (Å²) in [6.07, 6.45) is 22.1. The van der Waals surface area contributed by atoms with Crippen molar-refractivity contribution in [3.63, 3.8) is 0 Å². The van der Waals surface area contributed by atoms with Crippen LogP contribution in [0, 0.1) is 12.8 Å². The molecule has 0 N–H and O–H groups in total. The van der Waals surface area contributed by atoms with Gasteiger partial charge >= 0.3 is 0 Å². The summed E-state index contributed by atoms with van der Waals surface area (Å²) < 4.78 is 0. The van der Waals surface area contributed by atoms with Crippen molar-refractivity contribution in [2.24, 2.45) is 5.92 Å². The van der Waals surface area contributed by atoms with Crippen molar-refractivity contribution < 1.29 is 0 Å². The van der Waals surface area contributed by atoms with E-state index in [0.29, 0.717) is 0 Å². The fourth-order valence-corrected chi connectivity index (χ4v) is 14.7. The van der Waals surface area contributed by atoms with Gasteiger partial charge in [0.1, 0.15) is 0 Å². The van der Waals surface area contributed by atoms with Gasteiger partial charge in [0.15, 0.2) is 8.07 Å². The zero-order chi connectivity index (χ0) is 26.7. The molecule has 1 aliphatic heterocycles. The Kier molecular flexibility index (Phi) is 12.8. The normalized spacial score (nSPS) is 18.2. The highest BCUT2D eigenvalue weighted by Gasteiger charge is 2.49. The van der Waals surface area contributed by atoms with Gasteiger partial charge in [-0.3, -0.25) is 0 Å². The Hall–Kier alpha value is -1.03. The number of benzene rings is 1. The first-order valence-electron chi connectivity index (χ1n) is 15.3. The van der Waals surface area contributed by atoms with Crippen LogP contribution < -0.4 is 10.4 Å². The van der Waals surface area contributed by atoms with Crippen molar-refractivity contribution in [1.29, 1.82) is 0 Å². The third kappa shape index (κ3) is 7.55. The van der Waals surface area contributed by atoms with Crippen LogP contribution in [0.3, 0.4) is 0 Å². The van der Waals surface area contributed by atoms with Crippen LogP contribution in [0.2, 0.25) is 6.04 Å². The molecule has 2 atom stereocenters. The molecular formula is C34H52S2Si. The van der Waals surface area contributed by atoms with Crippen LogP contribution in [-0.4, -0.2) is 8.07 Å². The van der Waals surface area contributed by atoms with E-state index in [9.17, 15) is 0 Å². The SMILES string of the molecule is CC=CC1=C(S)c2sc(C)cc2[Si]1(CC(CCCC)CCCCCC)c1ccc(CCCCCC)cc1. The fraction of sp³-hybridized carbons (Fsp3) is 0.588. The molecule has 0 amide bonds. The average Bonchev–Trinajstić information content (AvgIpc) is 3.39. The van der Waals surface area contributed by atoms with E-state index < -0.39 is 8.07 Å². The molecule has 0 bridgehead atoms. The quantitative estimate of drug-likeness (QED) is 0.113. The number of fused-ring (bicyclic) bond motifs is 1. The number of aryl methyl sites for hydroxylation is 2. The van der Waals surface area contributed by atoms with Crippen LogP contribution in [-0.2, 0) is 6.42 Å². The predicted octanol–water partition coefficient (Wildman–Crippen LogP) is 10.3. The number of thiophene rings is 1.